The van der Waals surface area contributed by atoms with E-state index in [1.54, 1.807) is 0 Å². The maximum absolute atomic E-state index is 5.13. The third kappa shape index (κ3) is 5.87. The Hall–Kier alpha value is -7.41. The first-order valence-corrected chi connectivity index (χ1v) is 21.0. The number of benzene rings is 8. The molecule has 0 N–H and O–H groups in total. The molecule has 0 fully saturated rings. The van der Waals surface area contributed by atoms with Gasteiger partial charge in [-0.1, -0.05) is 168 Å². The number of hydrogen-bond acceptors (Lipinski definition) is 4. The van der Waals surface area contributed by atoms with Crippen LogP contribution in [0.5, 0.6) is 0 Å². The molecule has 8 aromatic carbocycles. The molecule has 0 amide bonds. The highest BCUT2D eigenvalue weighted by atomic mass is 79.9. The number of nitrogens with zero attached hydrogens (tertiary/aromatic N) is 5. The van der Waals surface area contributed by atoms with Gasteiger partial charge in [-0.05, 0) is 81.7 Å². The van der Waals surface area contributed by atoms with Crippen LogP contribution in [0.15, 0.2) is 188 Å². The minimum Gasteiger partial charge on any atom is -0.309 e. The van der Waals surface area contributed by atoms with Crippen LogP contribution in [0.1, 0.15) is 6.92 Å². The topological polar surface area (TPSA) is 46.8 Å². The monoisotopic (exact) mass is 833 g/mol. The summed E-state index contributed by atoms with van der Waals surface area (Å²) in [7, 11) is 0. The average molecular weight is 835 g/mol. The van der Waals surface area contributed by atoms with Crippen LogP contribution >= 0.6 is 15.9 Å². The third-order valence-corrected chi connectivity index (χ3v) is 11.9. The van der Waals surface area contributed by atoms with Crippen molar-refractivity contribution in [3.8, 4) is 51.0 Å². The van der Waals surface area contributed by atoms with E-state index in [0.29, 0.717) is 17.6 Å². The van der Waals surface area contributed by atoms with E-state index in [1.807, 2.05) is 72.6 Å². The number of rotatable bonds is 6. The van der Waals surface area contributed by atoms with Gasteiger partial charge >= 0.3 is 0 Å². The molecule has 0 radical (unpaired) electrons. The standard InChI is InChI=1S/C54H36BrN5/c1-2-3-15-35-20-13-26-47(45(35)34-55)59-48-30-28-40(33-44(48)42-24-12-21-36-22-14-27-50(59)51(36)42)39-29-31-49-43(32-39)41-23-10-11-25-46(41)60(49)54-57-52(37-16-6-4-7-17-37)56-53(58-54)38-18-8-5-9-19-38/h2-34H,1H3/b3-2-,35-15-,45-34?. The van der Waals surface area contributed by atoms with Gasteiger partial charge in [-0.15, -0.1) is 0 Å². The van der Waals surface area contributed by atoms with Crippen molar-refractivity contribution in [3.63, 3.8) is 0 Å². The van der Waals surface area contributed by atoms with Crippen LogP contribution in [-0.4, -0.2) is 19.5 Å². The van der Waals surface area contributed by atoms with Gasteiger partial charge in [0, 0.05) is 38.1 Å². The van der Waals surface area contributed by atoms with Crippen LogP contribution in [0.2, 0.25) is 0 Å². The fourth-order valence-corrected chi connectivity index (χ4v) is 9.24. The maximum Gasteiger partial charge on any atom is 0.238 e. The van der Waals surface area contributed by atoms with Crippen LogP contribution in [0.4, 0.5) is 17.1 Å². The molecule has 0 bridgehead atoms. The maximum atomic E-state index is 5.13. The lowest BCUT2D eigenvalue weighted by molar-refractivity contribution is 0.953. The molecular weight excluding hydrogens is 799 g/mol. The van der Waals surface area contributed by atoms with Crippen molar-refractivity contribution in [2.24, 2.45) is 0 Å². The first-order chi connectivity index (χ1) is 29.7. The van der Waals surface area contributed by atoms with Gasteiger partial charge in [-0.3, -0.25) is 4.57 Å². The van der Waals surface area contributed by atoms with Crippen LogP contribution in [0.25, 0.3) is 94.6 Å². The predicted molar refractivity (Wildman–Crippen MR) is 254 cm³/mol. The van der Waals surface area contributed by atoms with E-state index in [9.17, 15) is 0 Å². The highest BCUT2D eigenvalue weighted by Gasteiger charge is 2.27. The van der Waals surface area contributed by atoms with E-state index in [1.165, 1.54) is 27.6 Å². The molecule has 3 heterocycles. The van der Waals surface area contributed by atoms with Gasteiger partial charge in [0.15, 0.2) is 11.6 Å². The smallest absolute Gasteiger partial charge is 0.238 e. The number of allylic oxidation sites excluding steroid dienone is 2. The quantitative estimate of drug-likeness (QED) is 0.167. The Morgan fingerprint density at radius 2 is 1.15 bits per heavy atom. The van der Waals surface area contributed by atoms with E-state index in [-0.39, 0.29) is 0 Å². The Kier molecular flexibility index (Phi) is 8.79. The average Bonchev–Trinajstić information content (AvgIpc) is 3.65. The molecule has 0 saturated heterocycles. The molecule has 6 heteroatoms. The SMILES string of the molecule is C/C=C\C=c1\cccc(N2c3ccc(-c4ccc5c(c4)c4ccccc4n5-c4nc(-c5ccccc5)nc(-c5ccccc5)n4)cc3-c3cccc4cccc2c34)c1=CBr. The summed E-state index contributed by atoms with van der Waals surface area (Å²) >= 11 is 3.74. The molecular formula is C54H36BrN5. The van der Waals surface area contributed by atoms with E-state index in [2.05, 4.69) is 159 Å². The lowest BCUT2D eigenvalue weighted by atomic mass is 9.88. The number of fused-ring (bicyclic) bond motifs is 5. The zero-order valence-corrected chi connectivity index (χ0v) is 34.3. The highest BCUT2D eigenvalue weighted by Crippen LogP contribution is 2.51. The molecule has 0 atom stereocenters. The van der Waals surface area contributed by atoms with E-state index >= 15 is 0 Å². The van der Waals surface area contributed by atoms with Crippen LogP contribution in [0, 0.1) is 0 Å². The van der Waals surface area contributed by atoms with Crippen LogP contribution in [-0.2, 0) is 0 Å². The fraction of sp³-hybridized carbons (Fsp3) is 0.0185. The third-order valence-electron chi connectivity index (χ3n) is 11.5. The van der Waals surface area contributed by atoms with Crippen molar-refractivity contribution < 1.29 is 0 Å². The number of para-hydroxylation sites is 1. The minimum absolute atomic E-state index is 0.578. The normalized spacial score (nSPS) is 12.9. The minimum atomic E-state index is 0.578. The number of aromatic nitrogens is 4. The molecule has 284 valence electrons. The molecule has 0 spiro atoms. The van der Waals surface area contributed by atoms with Gasteiger partial charge in [-0.2, -0.15) is 9.97 Å². The Morgan fingerprint density at radius 1 is 0.500 bits per heavy atom. The number of hydrogen-bond donors (Lipinski definition) is 0. The largest absolute Gasteiger partial charge is 0.309 e. The lowest BCUT2D eigenvalue weighted by Gasteiger charge is -2.34. The predicted octanol–water partition coefficient (Wildman–Crippen LogP) is 13.1. The molecule has 5 nitrogen and oxygen atoms in total. The Morgan fingerprint density at radius 3 is 1.90 bits per heavy atom. The van der Waals surface area contributed by atoms with E-state index in [4.69, 9.17) is 15.0 Å². The second-order valence-corrected chi connectivity index (χ2v) is 15.4. The molecule has 11 rings (SSSR count). The number of anilines is 3. The molecule has 60 heavy (non-hydrogen) atoms. The highest BCUT2D eigenvalue weighted by molar-refractivity contribution is 9.14. The zero-order chi connectivity index (χ0) is 40.2. The molecule has 0 unspecified atom stereocenters. The second-order valence-electron chi connectivity index (χ2n) is 14.9. The summed E-state index contributed by atoms with van der Waals surface area (Å²) in [6, 6.07) is 62.3. The summed E-state index contributed by atoms with van der Waals surface area (Å²) in [6.45, 7) is 2.04. The van der Waals surface area contributed by atoms with Crippen molar-refractivity contribution in [1.82, 2.24) is 19.5 Å². The molecule has 2 aromatic heterocycles. The Labute approximate surface area is 355 Å². The fourth-order valence-electron chi connectivity index (χ4n) is 8.74. The Balaban J connectivity index is 1.10. The van der Waals surface area contributed by atoms with Gasteiger partial charge in [-0.25, -0.2) is 4.98 Å². The van der Waals surface area contributed by atoms with Crippen molar-refractivity contribution in [1.29, 1.82) is 0 Å². The molecule has 1 aliphatic rings. The van der Waals surface area contributed by atoms with Crippen molar-refractivity contribution in [2.75, 3.05) is 4.90 Å². The zero-order valence-electron chi connectivity index (χ0n) is 32.7. The van der Waals surface area contributed by atoms with Crippen LogP contribution in [0.3, 0.4) is 0 Å². The number of halogens is 1. The molecule has 10 aromatic rings. The summed E-state index contributed by atoms with van der Waals surface area (Å²) in [6.07, 6.45) is 6.32. The summed E-state index contributed by atoms with van der Waals surface area (Å²) in [5.41, 5.74) is 12.0. The summed E-state index contributed by atoms with van der Waals surface area (Å²) in [5.74, 6) is 1.84. The van der Waals surface area contributed by atoms with Crippen molar-refractivity contribution in [3.05, 3.63) is 199 Å². The summed E-state index contributed by atoms with van der Waals surface area (Å²) in [5, 5.41) is 6.98. The summed E-state index contributed by atoms with van der Waals surface area (Å²) in [4.78, 5) is 19.7. The van der Waals surface area contributed by atoms with Crippen molar-refractivity contribution in [2.45, 2.75) is 6.92 Å². The van der Waals surface area contributed by atoms with E-state index < -0.39 is 0 Å². The Bertz CT molecular complexity index is 3400. The lowest BCUT2D eigenvalue weighted by Crippen LogP contribution is -2.30. The summed E-state index contributed by atoms with van der Waals surface area (Å²) < 4.78 is 2.18. The van der Waals surface area contributed by atoms with Crippen molar-refractivity contribution >= 4 is 76.6 Å². The van der Waals surface area contributed by atoms with Gasteiger partial charge in [0.25, 0.3) is 0 Å². The van der Waals surface area contributed by atoms with Gasteiger partial charge in [0.1, 0.15) is 0 Å². The van der Waals surface area contributed by atoms with Gasteiger partial charge in [0.05, 0.1) is 28.1 Å². The van der Waals surface area contributed by atoms with E-state index in [0.717, 1.165) is 65.9 Å². The second kappa shape index (κ2) is 14.8. The molecule has 0 aliphatic carbocycles. The molecule has 1 aliphatic heterocycles. The molecule has 0 saturated carbocycles. The first kappa shape index (κ1) is 35.7. The first-order valence-electron chi connectivity index (χ1n) is 20.1. The van der Waals surface area contributed by atoms with Crippen LogP contribution < -0.4 is 15.3 Å². The van der Waals surface area contributed by atoms with Gasteiger partial charge in [0.2, 0.25) is 5.95 Å². The van der Waals surface area contributed by atoms with Gasteiger partial charge < -0.3 is 4.90 Å².